The van der Waals surface area contributed by atoms with Crippen molar-refractivity contribution in [3.63, 3.8) is 0 Å². The largest absolute Gasteiger partial charge is 0.444 e. The molecule has 0 saturated carbocycles. The minimum Gasteiger partial charge on any atom is -0.444 e. The summed E-state index contributed by atoms with van der Waals surface area (Å²) in [7, 11) is 0. The standard InChI is InChI=1S/C16H19BrN4O5/c17-14-3-1-2-12(8-14)11-26-16(22)20-6-5-19(15(20)18-21(23)24)9-13-4-7-25-10-13/h1-3,8,13H,4-7,9-11H2. The van der Waals surface area contributed by atoms with E-state index in [1.54, 1.807) is 4.90 Å². The van der Waals surface area contributed by atoms with Crippen LogP contribution >= 0.6 is 15.9 Å². The molecule has 0 N–H and O–H groups in total. The number of benzene rings is 1. The molecule has 0 aromatic heterocycles. The molecule has 10 heteroatoms. The van der Waals surface area contributed by atoms with Crippen LogP contribution in [0.1, 0.15) is 12.0 Å². The highest BCUT2D eigenvalue weighted by Crippen LogP contribution is 2.19. The Morgan fingerprint density at radius 1 is 1.46 bits per heavy atom. The lowest BCUT2D eigenvalue weighted by molar-refractivity contribution is -0.486. The molecule has 1 aromatic rings. The Bertz CT molecular complexity index is 708. The first-order valence-corrected chi connectivity index (χ1v) is 9.06. The lowest BCUT2D eigenvalue weighted by atomic mass is 10.1. The van der Waals surface area contributed by atoms with Crippen molar-refractivity contribution >= 4 is 28.0 Å². The van der Waals surface area contributed by atoms with E-state index >= 15 is 0 Å². The molecular weight excluding hydrogens is 408 g/mol. The first-order chi connectivity index (χ1) is 12.5. The van der Waals surface area contributed by atoms with Crippen molar-refractivity contribution < 1.29 is 19.3 Å². The van der Waals surface area contributed by atoms with Gasteiger partial charge in [0.15, 0.2) is 5.03 Å². The number of nitrogens with zero attached hydrogens (tertiary/aromatic N) is 4. The van der Waals surface area contributed by atoms with Crippen molar-refractivity contribution in [1.82, 2.24) is 9.80 Å². The summed E-state index contributed by atoms with van der Waals surface area (Å²) in [5, 5.41) is 13.5. The van der Waals surface area contributed by atoms with Crippen molar-refractivity contribution in [3.8, 4) is 0 Å². The highest BCUT2D eigenvalue weighted by Gasteiger charge is 2.36. The normalized spacial score (nSPS) is 21.4. The first-order valence-electron chi connectivity index (χ1n) is 8.27. The Hall–Kier alpha value is -2.20. The molecule has 2 fully saturated rings. The van der Waals surface area contributed by atoms with Crippen LogP contribution < -0.4 is 0 Å². The molecule has 0 radical (unpaired) electrons. The van der Waals surface area contributed by atoms with E-state index in [-0.39, 0.29) is 18.5 Å². The number of carbonyl (C=O) groups excluding carboxylic acids is 1. The number of amides is 1. The van der Waals surface area contributed by atoms with E-state index in [1.165, 1.54) is 4.90 Å². The first kappa shape index (κ1) is 18.6. The second-order valence-electron chi connectivity index (χ2n) is 6.15. The van der Waals surface area contributed by atoms with Crippen molar-refractivity contribution in [1.29, 1.82) is 0 Å². The number of halogens is 1. The van der Waals surface area contributed by atoms with E-state index in [2.05, 4.69) is 21.0 Å². The van der Waals surface area contributed by atoms with Gasteiger partial charge >= 0.3 is 6.09 Å². The fourth-order valence-corrected chi connectivity index (χ4v) is 3.46. The molecule has 1 atom stereocenters. The summed E-state index contributed by atoms with van der Waals surface area (Å²) in [5.41, 5.74) is 0.819. The Morgan fingerprint density at radius 2 is 2.31 bits per heavy atom. The van der Waals surface area contributed by atoms with E-state index in [0.29, 0.717) is 32.8 Å². The van der Waals surface area contributed by atoms with Gasteiger partial charge in [0.1, 0.15) is 11.7 Å². The number of hydrazone groups is 1. The third-order valence-electron chi connectivity index (χ3n) is 4.26. The monoisotopic (exact) mass is 426 g/mol. The molecule has 9 nitrogen and oxygen atoms in total. The molecule has 26 heavy (non-hydrogen) atoms. The van der Waals surface area contributed by atoms with Gasteiger partial charge in [-0.05, 0) is 24.1 Å². The van der Waals surface area contributed by atoms with Gasteiger partial charge in [0.25, 0.3) is 5.96 Å². The zero-order chi connectivity index (χ0) is 18.5. The molecule has 140 valence electrons. The van der Waals surface area contributed by atoms with Crippen molar-refractivity contribution in [3.05, 3.63) is 44.4 Å². The lowest BCUT2D eigenvalue weighted by Gasteiger charge is -2.21. The van der Waals surface area contributed by atoms with Crippen molar-refractivity contribution in [2.75, 3.05) is 32.8 Å². The van der Waals surface area contributed by atoms with Gasteiger partial charge in [-0.15, -0.1) is 0 Å². The summed E-state index contributed by atoms with van der Waals surface area (Å²) in [5.74, 6) is 0.311. The average molecular weight is 427 g/mol. The lowest BCUT2D eigenvalue weighted by Crippen LogP contribution is -2.40. The quantitative estimate of drug-likeness (QED) is 0.529. The summed E-state index contributed by atoms with van der Waals surface area (Å²) < 4.78 is 11.5. The molecular formula is C16H19BrN4O5. The summed E-state index contributed by atoms with van der Waals surface area (Å²) in [6, 6.07) is 7.39. The maximum atomic E-state index is 12.4. The number of hydrogen-bond acceptors (Lipinski definition) is 5. The summed E-state index contributed by atoms with van der Waals surface area (Å²) in [6.07, 6.45) is 0.256. The zero-order valence-corrected chi connectivity index (χ0v) is 15.6. The Kier molecular flexibility index (Phi) is 6.04. The van der Waals surface area contributed by atoms with Crippen LogP contribution in [0.2, 0.25) is 0 Å². The summed E-state index contributed by atoms with van der Waals surface area (Å²) in [6.45, 7) is 2.75. The Labute approximate surface area is 158 Å². The Balaban J connectivity index is 1.64. The smallest absolute Gasteiger partial charge is 0.417 e. The van der Waals surface area contributed by atoms with Gasteiger partial charge in [-0.2, -0.15) is 0 Å². The van der Waals surface area contributed by atoms with Crippen LogP contribution in [0.4, 0.5) is 4.79 Å². The van der Waals surface area contributed by atoms with E-state index in [9.17, 15) is 14.9 Å². The molecule has 2 aliphatic heterocycles. The SMILES string of the molecule is O=C(OCc1cccc(Br)c1)N1CCN(CC2CCOC2)C1=N[N+](=O)[O-]. The fourth-order valence-electron chi connectivity index (χ4n) is 3.02. The van der Waals surface area contributed by atoms with Crippen LogP contribution in [0.5, 0.6) is 0 Å². The molecule has 0 aliphatic carbocycles. The summed E-state index contributed by atoms with van der Waals surface area (Å²) in [4.78, 5) is 26.3. The number of ether oxygens (including phenoxy) is 2. The third kappa shape index (κ3) is 4.70. The minimum atomic E-state index is -0.784. The Morgan fingerprint density at radius 3 is 3.00 bits per heavy atom. The number of nitro groups is 1. The molecule has 3 rings (SSSR count). The van der Waals surface area contributed by atoms with Crippen LogP contribution in [0.15, 0.2) is 33.8 Å². The van der Waals surface area contributed by atoms with E-state index in [0.717, 1.165) is 16.5 Å². The number of guanidine groups is 1. The second-order valence-corrected chi connectivity index (χ2v) is 7.07. The van der Waals surface area contributed by atoms with E-state index in [4.69, 9.17) is 9.47 Å². The van der Waals surface area contributed by atoms with Crippen LogP contribution in [-0.4, -0.2) is 59.7 Å². The summed E-state index contributed by atoms with van der Waals surface area (Å²) >= 11 is 3.36. The van der Waals surface area contributed by atoms with Crippen LogP contribution in [0.3, 0.4) is 0 Å². The zero-order valence-electron chi connectivity index (χ0n) is 14.0. The fraction of sp³-hybridized carbons (Fsp3) is 0.500. The maximum absolute atomic E-state index is 12.4. The minimum absolute atomic E-state index is 0.0288. The average Bonchev–Trinajstić information content (AvgIpc) is 3.24. The predicted molar refractivity (Wildman–Crippen MR) is 96.0 cm³/mol. The van der Waals surface area contributed by atoms with Crippen LogP contribution in [-0.2, 0) is 16.1 Å². The van der Waals surface area contributed by atoms with E-state index < -0.39 is 11.1 Å². The van der Waals surface area contributed by atoms with Crippen LogP contribution in [0.25, 0.3) is 0 Å². The number of rotatable bonds is 5. The molecule has 2 aliphatic rings. The van der Waals surface area contributed by atoms with Crippen LogP contribution in [0, 0.1) is 16.0 Å². The van der Waals surface area contributed by atoms with Gasteiger partial charge in [0.05, 0.1) is 13.2 Å². The molecule has 0 spiro atoms. The van der Waals surface area contributed by atoms with Gasteiger partial charge in [0, 0.05) is 30.1 Å². The number of hydrogen-bond donors (Lipinski definition) is 0. The van der Waals surface area contributed by atoms with Gasteiger partial charge in [-0.3, -0.25) is 0 Å². The molecule has 1 unspecified atom stereocenters. The van der Waals surface area contributed by atoms with Gasteiger partial charge in [-0.25, -0.2) is 19.8 Å². The highest BCUT2D eigenvalue weighted by atomic mass is 79.9. The van der Waals surface area contributed by atoms with Gasteiger partial charge in [-0.1, -0.05) is 28.1 Å². The molecule has 2 heterocycles. The highest BCUT2D eigenvalue weighted by molar-refractivity contribution is 9.10. The topological polar surface area (TPSA) is 97.5 Å². The maximum Gasteiger partial charge on any atom is 0.417 e. The molecule has 1 aromatic carbocycles. The van der Waals surface area contributed by atoms with Gasteiger partial charge in [0.2, 0.25) is 0 Å². The number of carbonyl (C=O) groups is 1. The third-order valence-corrected chi connectivity index (χ3v) is 4.76. The molecule has 2 saturated heterocycles. The molecule has 0 bridgehead atoms. The molecule has 1 amide bonds. The van der Waals surface area contributed by atoms with Gasteiger partial charge < -0.3 is 14.4 Å². The van der Waals surface area contributed by atoms with E-state index in [1.807, 2.05) is 24.3 Å². The van der Waals surface area contributed by atoms with Crippen molar-refractivity contribution in [2.45, 2.75) is 13.0 Å². The van der Waals surface area contributed by atoms with Crippen molar-refractivity contribution in [2.24, 2.45) is 11.0 Å². The predicted octanol–water partition coefficient (Wildman–Crippen LogP) is 2.29. The second kappa shape index (κ2) is 8.45.